The van der Waals surface area contributed by atoms with Crippen LogP contribution in [0.25, 0.3) is 0 Å². The zero-order valence-corrected chi connectivity index (χ0v) is 20.7. The second kappa shape index (κ2) is 8.25. The highest BCUT2D eigenvalue weighted by Crippen LogP contribution is 2.58. The van der Waals surface area contributed by atoms with Crippen molar-refractivity contribution in [3.8, 4) is 0 Å². The van der Waals surface area contributed by atoms with Crippen molar-refractivity contribution >= 4 is 58.2 Å². The number of Topliss-reactive ketones (excluding diaryl/α,β-unsaturated/α-hetero) is 2. The number of benzene rings is 3. The van der Waals surface area contributed by atoms with E-state index in [-0.39, 0.29) is 22.7 Å². The van der Waals surface area contributed by atoms with Gasteiger partial charge in [0.1, 0.15) is 0 Å². The van der Waals surface area contributed by atoms with Crippen molar-refractivity contribution in [1.82, 2.24) is 4.90 Å². The number of rotatable bonds is 3. The SMILES string of the molecule is O=C1[C@H]2[C@H](c3ccc(Cl)cc3Cl)OC3(C(=O)c4ccccc4C3=O)[C@H]2C(=O)N1Cc1ccc(Cl)cc1. The lowest BCUT2D eigenvalue weighted by atomic mass is 9.77. The van der Waals surface area contributed by atoms with E-state index >= 15 is 0 Å². The van der Waals surface area contributed by atoms with Crippen molar-refractivity contribution in [1.29, 1.82) is 0 Å². The van der Waals surface area contributed by atoms with Gasteiger partial charge in [-0.15, -0.1) is 0 Å². The van der Waals surface area contributed by atoms with Crippen LogP contribution in [0.2, 0.25) is 15.1 Å². The van der Waals surface area contributed by atoms with Crippen molar-refractivity contribution in [2.24, 2.45) is 11.8 Å². The first-order valence-electron chi connectivity index (χ1n) is 11.1. The molecule has 9 heteroatoms. The van der Waals surface area contributed by atoms with Crippen molar-refractivity contribution in [3.05, 3.63) is 104 Å². The van der Waals surface area contributed by atoms with E-state index in [1.165, 1.54) is 18.2 Å². The highest BCUT2D eigenvalue weighted by Gasteiger charge is 2.74. The first kappa shape index (κ1) is 23.4. The van der Waals surface area contributed by atoms with E-state index in [0.29, 0.717) is 21.2 Å². The van der Waals surface area contributed by atoms with Crippen LogP contribution >= 0.6 is 34.8 Å². The second-order valence-corrected chi connectivity index (χ2v) is 10.3. The number of halogens is 3. The molecule has 6 nitrogen and oxygen atoms in total. The molecule has 6 rings (SSSR count). The number of ketones is 2. The molecule has 2 saturated heterocycles. The highest BCUT2D eigenvalue weighted by atomic mass is 35.5. The van der Waals surface area contributed by atoms with Gasteiger partial charge in [0.2, 0.25) is 29.0 Å². The Morgan fingerprint density at radius 2 is 1.39 bits per heavy atom. The number of carbonyl (C=O) groups is 4. The van der Waals surface area contributed by atoms with Crippen LogP contribution in [0.4, 0.5) is 0 Å². The molecule has 3 aliphatic rings. The fraction of sp³-hybridized carbons (Fsp3) is 0.185. The Balaban J connectivity index is 1.49. The molecule has 0 saturated carbocycles. The molecule has 3 aromatic rings. The summed E-state index contributed by atoms with van der Waals surface area (Å²) in [5.41, 5.74) is -0.770. The van der Waals surface area contributed by atoms with Gasteiger partial charge in [-0.25, -0.2) is 0 Å². The molecule has 0 N–H and O–H groups in total. The van der Waals surface area contributed by atoms with E-state index in [4.69, 9.17) is 39.5 Å². The van der Waals surface area contributed by atoms with Crippen molar-refractivity contribution in [2.45, 2.75) is 18.2 Å². The van der Waals surface area contributed by atoms with Crippen LogP contribution in [0.5, 0.6) is 0 Å². The van der Waals surface area contributed by atoms with E-state index in [2.05, 4.69) is 0 Å². The second-order valence-electron chi connectivity index (χ2n) is 9.04. The maximum atomic E-state index is 13.8. The summed E-state index contributed by atoms with van der Waals surface area (Å²) in [5, 5.41) is 1.08. The summed E-state index contributed by atoms with van der Waals surface area (Å²) >= 11 is 18.5. The third-order valence-electron chi connectivity index (χ3n) is 7.13. The first-order chi connectivity index (χ1) is 17.2. The van der Waals surface area contributed by atoms with Gasteiger partial charge in [-0.2, -0.15) is 0 Å². The molecular weight excluding hydrogens is 525 g/mol. The minimum Gasteiger partial charge on any atom is -0.349 e. The summed E-state index contributed by atoms with van der Waals surface area (Å²) < 4.78 is 6.23. The smallest absolute Gasteiger partial charge is 0.237 e. The number of ether oxygens (including phenoxy) is 1. The Hall–Kier alpha value is -3.03. The number of amides is 2. The third kappa shape index (κ3) is 3.15. The molecule has 36 heavy (non-hydrogen) atoms. The van der Waals surface area contributed by atoms with E-state index in [1.807, 2.05) is 0 Å². The van der Waals surface area contributed by atoms with Crippen LogP contribution in [0.15, 0.2) is 66.7 Å². The van der Waals surface area contributed by atoms with Gasteiger partial charge in [0.25, 0.3) is 0 Å². The van der Waals surface area contributed by atoms with Crippen LogP contribution in [0.1, 0.15) is 37.9 Å². The van der Waals surface area contributed by atoms with E-state index in [9.17, 15) is 19.2 Å². The fourth-order valence-corrected chi connectivity index (χ4v) is 6.16. The van der Waals surface area contributed by atoms with Gasteiger partial charge in [-0.3, -0.25) is 24.1 Å². The summed E-state index contributed by atoms with van der Waals surface area (Å²) in [6.07, 6.45) is -1.10. The summed E-state index contributed by atoms with van der Waals surface area (Å²) in [6, 6.07) is 17.7. The molecule has 180 valence electrons. The van der Waals surface area contributed by atoms with E-state index in [0.717, 1.165) is 4.90 Å². The molecule has 1 spiro atoms. The molecule has 1 aliphatic carbocycles. The molecule has 3 atom stereocenters. The average Bonchev–Trinajstić information content (AvgIpc) is 3.41. The largest absolute Gasteiger partial charge is 0.349 e. The Bertz CT molecular complexity index is 1450. The lowest BCUT2D eigenvalue weighted by Gasteiger charge is -2.27. The van der Waals surface area contributed by atoms with Gasteiger partial charge >= 0.3 is 0 Å². The van der Waals surface area contributed by atoms with Gasteiger partial charge < -0.3 is 4.74 Å². The van der Waals surface area contributed by atoms with Crippen LogP contribution in [-0.2, 0) is 20.9 Å². The van der Waals surface area contributed by atoms with Crippen molar-refractivity contribution in [3.63, 3.8) is 0 Å². The molecule has 0 radical (unpaired) electrons. The van der Waals surface area contributed by atoms with Gasteiger partial charge in [0.05, 0.1) is 24.5 Å². The summed E-state index contributed by atoms with van der Waals surface area (Å²) in [5.74, 6) is -4.88. The predicted molar refractivity (Wildman–Crippen MR) is 132 cm³/mol. The van der Waals surface area contributed by atoms with Crippen molar-refractivity contribution in [2.75, 3.05) is 0 Å². The molecule has 2 aliphatic heterocycles. The van der Waals surface area contributed by atoms with Crippen LogP contribution in [0.3, 0.4) is 0 Å². The normalized spacial score (nSPS) is 24.1. The Morgan fingerprint density at radius 3 is 2.00 bits per heavy atom. The maximum absolute atomic E-state index is 13.8. The number of likely N-dealkylation sites (tertiary alicyclic amines) is 1. The zero-order valence-electron chi connectivity index (χ0n) is 18.4. The number of imide groups is 1. The standard InChI is InChI=1S/C27H16Cl3NO5/c28-14-7-5-13(6-8-14)12-31-25(34)20-21(26(31)35)27(23(32)16-3-1-2-4-17(16)24(27)33)36-22(20)18-10-9-15(29)11-19(18)30/h1-11,20-22H,12H2/t20-,21-,22+/m1/s1. The van der Waals surface area contributed by atoms with Crippen LogP contribution in [0, 0.1) is 11.8 Å². The molecule has 2 amide bonds. The summed E-state index contributed by atoms with van der Waals surface area (Å²) in [6.45, 7) is -0.0334. The van der Waals surface area contributed by atoms with Gasteiger partial charge in [-0.05, 0) is 29.8 Å². The average molecular weight is 541 g/mol. The number of hydrogen-bond donors (Lipinski definition) is 0. The maximum Gasteiger partial charge on any atom is 0.237 e. The predicted octanol–water partition coefficient (Wildman–Crippen LogP) is 5.34. The molecule has 0 aromatic heterocycles. The van der Waals surface area contributed by atoms with Crippen LogP contribution in [-0.4, -0.2) is 33.9 Å². The number of nitrogens with zero attached hydrogens (tertiary/aromatic N) is 1. The lowest BCUT2D eigenvalue weighted by Crippen LogP contribution is -2.50. The van der Waals surface area contributed by atoms with E-state index in [1.54, 1.807) is 48.5 Å². The van der Waals surface area contributed by atoms with Gasteiger partial charge in [0, 0.05) is 31.8 Å². The summed E-state index contributed by atoms with van der Waals surface area (Å²) in [4.78, 5) is 56.2. The molecule has 3 aromatic carbocycles. The Labute approximate surface area is 220 Å². The molecule has 0 bridgehead atoms. The quantitative estimate of drug-likeness (QED) is 0.331. The zero-order chi connectivity index (χ0) is 25.4. The van der Waals surface area contributed by atoms with Crippen molar-refractivity contribution < 1.29 is 23.9 Å². The first-order valence-corrected chi connectivity index (χ1v) is 12.3. The summed E-state index contributed by atoms with van der Waals surface area (Å²) in [7, 11) is 0. The number of fused-ring (bicyclic) bond motifs is 3. The number of hydrogen-bond acceptors (Lipinski definition) is 5. The lowest BCUT2D eigenvalue weighted by molar-refractivity contribution is -0.145. The number of carbonyl (C=O) groups excluding carboxylic acids is 4. The van der Waals surface area contributed by atoms with Gasteiger partial charge in [-0.1, -0.05) is 77.3 Å². The van der Waals surface area contributed by atoms with Gasteiger partial charge in [0.15, 0.2) is 0 Å². The topological polar surface area (TPSA) is 80.8 Å². The minimum atomic E-state index is -2.15. The Kier molecular flexibility index (Phi) is 5.36. The third-order valence-corrected chi connectivity index (χ3v) is 7.95. The monoisotopic (exact) mass is 539 g/mol. The fourth-order valence-electron chi connectivity index (χ4n) is 5.52. The highest BCUT2D eigenvalue weighted by molar-refractivity contribution is 6.36. The molecule has 2 fully saturated rings. The minimum absolute atomic E-state index is 0.0334. The van der Waals surface area contributed by atoms with E-state index < -0.39 is 46.9 Å². The van der Waals surface area contributed by atoms with Crippen LogP contribution < -0.4 is 0 Å². The molecule has 2 heterocycles. The molecule has 0 unspecified atom stereocenters. The Morgan fingerprint density at radius 1 is 0.778 bits per heavy atom. The molecular formula is C27H16Cl3NO5.